The first kappa shape index (κ1) is 39.4. The zero-order chi connectivity index (χ0) is 33.6. The number of nitrogens with zero attached hydrogens (tertiary/aromatic N) is 3. The molecule has 2 bridgehead atoms. The van der Waals surface area contributed by atoms with Gasteiger partial charge in [0.05, 0.1) is 18.2 Å². The van der Waals surface area contributed by atoms with Gasteiger partial charge in [0.15, 0.2) is 0 Å². The molecule has 4 atom stereocenters. The normalized spacial score (nSPS) is 18.9. The van der Waals surface area contributed by atoms with Gasteiger partial charge in [-0.1, -0.05) is 107 Å². The number of hydrogen-bond donors (Lipinski definition) is 1. The predicted octanol–water partition coefficient (Wildman–Crippen LogP) is 9.25. The van der Waals surface area contributed by atoms with Gasteiger partial charge in [0.2, 0.25) is 5.88 Å². The van der Waals surface area contributed by atoms with Crippen LogP contribution in [-0.2, 0) is 13.0 Å². The highest BCUT2D eigenvalue weighted by Crippen LogP contribution is 2.45. The molecule has 8 heteroatoms. The van der Waals surface area contributed by atoms with Gasteiger partial charge in [0.25, 0.3) is 0 Å². The Morgan fingerprint density at radius 1 is 0.784 bits per heavy atom. The maximum absolute atomic E-state index is 13.1. The SMILES string of the molecule is COc1nc2ccc(Br)cc2cc1C(c1ccccc1)C(O)(CCCCN1CC2CC1CN2Cc1ccccc1)CCCc1ccccc1.S.S. The average molecular weight is 787 g/mol. The molecule has 0 aliphatic carbocycles. The highest BCUT2D eigenvalue weighted by Gasteiger charge is 2.43. The van der Waals surface area contributed by atoms with Crippen LogP contribution in [0, 0.1) is 0 Å². The van der Waals surface area contributed by atoms with Crippen molar-refractivity contribution in [3.63, 3.8) is 0 Å². The van der Waals surface area contributed by atoms with Gasteiger partial charge in [0, 0.05) is 53.1 Å². The van der Waals surface area contributed by atoms with E-state index in [1.165, 1.54) is 17.5 Å². The van der Waals surface area contributed by atoms with E-state index in [0.29, 0.717) is 30.8 Å². The summed E-state index contributed by atoms with van der Waals surface area (Å²) in [5.74, 6) is 0.294. The number of unbranched alkanes of at least 4 members (excludes halogenated alkanes) is 1. The quantitative estimate of drug-likeness (QED) is 0.107. The number of fused-ring (bicyclic) bond motifs is 3. The van der Waals surface area contributed by atoms with Crippen molar-refractivity contribution in [2.24, 2.45) is 0 Å². The highest BCUT2D eigenvalue weighted by atomic mass is 79.9. The molecule has 4 unspecified atom stereocenters. The van der Waals surface area contributed by atoms with Crippen LogP contribution in [0.4, 0.5) is 0 Å². The maximum Gasteiger partial charge on any atom is 0.217 e. The largest absolute Gasteiger partial charge is 0.481 e. The van der Waals surface area contributed by atoms with Crippen molar-refractivity contribution in [2.75, 3.05) is 26.7 Å². The molecule has 2 aliphatic rings. The Labute approximate surface area is 326 Å². The summed E-state index contributed by atoms with van der Waals surface area (Å²) in [6.45, 7) is 4.45. The maximum atomic E-state index is 13.1. The topological polar surface area (TPSA) is 48.8 Å². The van der Waals surface area contributed by atoms with Gasteiger partial charge in [-0.25, -0.2) is 4.98 Å². The smallest absolute Gasteiger partial charge is 0.217 e. The number of piperazine rings is 1. The molecule has 0 spiro atoms. The second kappa shape index (κ2) is 18.3. The summed E-state index contributed by atoms with van der Waals surface area (Å²) in [7, 11) is 1.69. The standard InChI is InChI=1S/C43H48BrN3O2.2H2S/c1-49-42-39(27-35-26-36(44)21-22-40(35)45-42)41(34-19-9-4-10-20-34)43(48,24-13-18-32-14-5-2-6-15-32)23-11-12-25-46-30-38-28-37(46)31-47(38)29-33-16-7-3-8-17-33;;/h2-10,14-17,19-22,26-27,37-38,41,48H,11-13,18,23-25,28-31H2,1H3;2*1H2. The first-order chi connectivity index (χ1) is 24.0. The molecule has 51 heavy (non-hydrogen) atoms. The number of benzene rings is 4. The Morgan fingerprint density at radius 2 is 1.41 bits per heavy atom. The van der Waals surface area contributed by atoms with Crippen molar-refractivity contribution in [2.45, 2.75) is 75.1 Å². The van der Waals surface area contributed by atoms with Crippen LogP contribution in [0.15, 0.2) is 120 Å². The summed E-state index contributed by atoms with van der Waals surface area (Å²) >= 11 is 3.66. The lowest BCUT2D eigenvalue weighted by Gasteiger charge is -2.38. The van der Waals surface area contributed by atoms with Crippen molar-refractivity contribution in [3.8, 4) is 5.88 Å². The van der Waals surface area contributed by atoms with E-state index in [2.05, 4.69) is 123 Å². The van der Waals surface area contributed by atoms with Crippen molar-refractivity contribution in [1.82, 2.24) is 14.8 Å². The van der Waals surface area contributed by atoms with Crippen LogP contribution in [-0.4, -0.2) is 64.3 Å². The van der Waals surface area contributed by atoms with Gasteiger partial charge in [-0.05, 0) is 92.4 Å². The van der Waals surface area contributed by atoms with Gasteiger partial charge >= 0.3 is 0 Å². The first-order valence-electron chi connectivity index (χ1n) is 18.0. The second-order valence-corrected chi connectivity index (χ2v) is 15.0. The van der Waals surface area contributed by atoms with Crippen molar-refractivity contribution in [3.05, 3.63) is 142 Å². The second-order valence-electron chi connectivity index (χ2n) is 14.1. The number of hydrogen-bond acceptors (Lipinski definition) is 5. The summed E-state index contributed by atoms with van der Waals surface area (Å²) in [5, 5.41) is 14.1. The molecule has 5 nitrogen and oxygen atoms in total. The van der Waals surface area contributed by atoms with Crippen LogP contribution in [0.3, 0.4) is 0 Å². The third-order valence-corrected chi connectivity index (χ3v) is 11.4. The zero-order valence-electron chi connectivity index (χ0n) is 29.6. The average Bonchev–Trinajstić information content (AvgIpc) is 3.72. The molecule has 2 aliphatic heterocycles. The minimum absolute atomic E-state index is 0. The lowest BCUT2D eigenvalue weighted by Crippen LogP contribution is -2.46. The summed E-state index contributed by atoms with van der Waals surface area (Å²) in [4.78, 5) is 10.3. The minimum Gasteiger partial charge on any atom is -0.481 e. The minimum atomic E-state index is -0.985. The zero-order valence-corrected chi connectivity index (χ0v) is 33.1. The van der Waals surface area contributed by atoms with Gasteiger partial charge in [-0.2, -0.15) is 27.0 Å². The van der Waals surface area contributed by atoms with E-state index >= 15 is 0 Å². The highest BCUT2D eigenvalue weighted by molar-refractivity contribution is 9.10. The summed E-state index contributed by atoms with van der Waals surface area (Å²) in [6.07, 6.45) is 6.53. The van der Waals surface area contributed by atoms with Crippen molar-refractivity contribution in [1.29, 1.82) is 0 Å². The molecule has 1 aromatic heterocycles. The number of pyridine rings is 1. The van der Waals surface area contributed by atoms with Crippen LogP contribution >= 0.6 is 42.9 Å². The molecule has 0 amide bonds. The molecular formula is C43H52BrN3O2S2. The molecule has 270 valence electrons. The van der Waals surface area contributed by atoms with E-state index in [-0.39, 0.29) is 32.9 Å². The van der Waals surface area contributed by atoms with E-state index in [9.17, 15) is 5.11 Å². The van der Waals surface area contributed by atoms with Crippen LogP contribution in [0.25, 0.3) is 10.9 Å². The molecular weight excluding hydrogens is 735 g/mol. The molecule has 0 saturated carbocycles. The number of halogens is 1. The molecule has 4 aromatic carbocycles. The number of likely N-dealkylation sites (tertiary alicyclic amines) is 2. The number of aromatic nitrogens is 1. The Hall–Kier alpha value is -2.85. The molecule has 1 N–H and O–H groups in total. The van der Waals surface area contributed by atoms with Gasteiger partial charge in [-0.3, -0.25) is 9.80 Å². The van der Waals surface area contributed by atoms with Crippen LogP contribution in [0.5, 0.6) is 5.88 Å². The fourth-order valence-corrected chi connectivity index (χ4v) is 8.84. The van der Waals surface area contributed by atoms with E-state index in [1.807, 2.05) is 18.2 Å². The predicted molar refractivity (Wildman–Crippen MR) is 224 cm³/mol. The number of rotatable bonds is 15. The molecule has 0 radical (unpaired) electrons. The fraction of sp³-hybridized carbons (Fsp3) is 0.372. The Balaban J connectivity index is 0.00000252. The number of ether oxygens (including phenoxy) is 1. The molecule has 3 heterocycles. The number of aliphatic hydroxyl groups is 1. The molecule has 7 rings (SSSR count). The lowest BCUT2D eigenvalue weighted by atomic mass is 9.72. The molecule has 2 fully saturated rings. The Kier molecular flexibility index (Phi) is 14.1. The van der Waals surface area contributed by atoms with Crippen LogP contribution in [0.2, 0.25) is 0 Å². The van der Waals surface area contributed by atoms with E-state index in [4.69, 9.17) is 9.72 Å². The lowest BCUT2D eigenvalue weighted by molar-refractivity contribution is 0.00105. The van der Waals surface area contributed by atoms with E-state index < -0.39 is 5.60 Å². The Morgan fingerprint density at radius 3 is 2.08 bits per heavy atom. The van der Waals surface area contributed by atoms with Crippen LogP contribution in [0.1, 0.15) is 66.7 Å². The van der Waals surface area contributed by atoms with Crippen molar-refractivity contribution >= 4 is 53.8 Å². The third kappa shape index (κ3) is 9.39. The van der Waals surface area contributed by atoms with Gasteiger partial charge < -0.3 is 9.84 Å². The first-order valence-corrected chi connectivity index (χ1v) is 18.8. The summed E-state index contributed by atoms with van der Waals surface area (Å²) in [6, 6.07) is 41.6. The van der Waals surface area contributed by atoms with E-state index in [1.54, 1.807) is 7.11 Å². The van der Waals surface area contributed by atoms with E-state index in [0.717, 1.165) is 78.4 Å². The monoisotopic (exact) mass is 785 g/mol. The third-order valence-electron chi connectivity index (χ3n) is 10.9. The van der Waals surface area contributed by atoms with Gasteiger partial charge in [0.1, 0.15) is 0 Å². The molecule has 5 aromatic rings. The number of methoxy groups -OCH3 is 1. The molecule has 2 saturated heterocycles. The number of aryl methyl sites for hydroxylation is 1. The summed E-state index contributed by atoms with van der Waals surface area (Å²) in [5.41, 5.74) is 4.64. The Bertz CT molecular complexity index is 1820. The summed E-state index contributed by atoms with van der Waals surface area (Å²) < 4.78 is 6.98. The fourth-order valence-electron chi connectivity index (χ4n) is 8.46. The van der Waals surface area contributed by atoms with Crippen molar-refractivity contribution < 1.29 is 9.84 Å². The van der Waals surface area contributed by atoms with Crippen LogP contribution < -0.4 is 4.74 Å². The van der Waals surface area contributed by atoms with Gasteiger partial charge in [-0.15, -0.1) is 0 Å².